The highest BCUT2D eigenvalue weighted by Crippen LogP contribution is 2.12. The molecule has 1 rings (SSSR count). The van der Waals surface area contributed by atoms with Crippen LogP contribution in [0.15, 0.2) is 16.9 Å². The van der Waals surface area contributed by atoms with E-state index in [4.69, 9.17) is 5.11 Å². The van der Waals surface area contributed by atoms with Gasteiger partial charge in [-0.3, -0.25) is 4.48 Å². The molecule has 0 amide bonds. The van der Waals surface area contributed by atoms with Crippen molar-refractivity contribution in [3.05, 3.63) is 11.9 Å². The molecule has 0 spiro atoms. The average Bonchev–Trinajstić information content (AvgIpc) is 2.08. The molecule has 10 heavy (non-hydrogen) atoms. The van der Waals surface area contributed by atoms with Gasteiger partial charge >= 0.3 is 0 Å². The predicted octanol–water partition coefficient (Wildman–Crippen LogP) is -3.06. The molecule has 0 radical (unpaired) electrons. The Morgan fingerprint density at radius 1 is 1.60 bits per heavy atom. The van der Waals surface area contributed by atoms with Gasteiger partial charge in [-0.1, -0.05) is 0 Å². The molecule has 0 aromatic carbocycles. The van der Waals surface area contributed by atoms with Crippen LogP contribution in [0.1, 0.15) is 0 Å². The van der Waals surface area contributed by atoms with Gasteiger partial charge in [-0.05, 0) is 0 Å². The second kappa shape index (κ2) is 3.27. The Morgan fingerprint density at radius 2 is 2.20 bits per heavy atom. The van der Waals surface area contributed by atoms with Crippen LogP contribution in [0.5, 0.6) is 0 Å². The van der Waals surface area contributed by atoms with Crippen molar-refractivity contribution >= 4 is 6.34 Å². The number of quaternary nitrogens is 1. The molecule has 4 heteroatoms. The minimum Gasteiger partial charge on any atom is -1.00 e. The number of nitrogens with zero attached hydrogens (tertiary/aromatic N) is 2. The number of aliphatic imine (C=N–C) groups is 1. The Labute approximate surface area is 71.0 Å². The minimum atomic E-state index is 0. The highest BCUT2D eigenvalue weighted by Gasteiger charge is 2.22. The Bertz CT molecular complexity index is 175. The third-order valence-electron chi connectivity index (χ3n) is 1.48. The lowest BCUT2D eigenvalue weighted by Gasteiger charge is -2.20. The first-order valence-corrected chi connectivity index (χ1v) is 2.85. The van der Waals surface area contributed by atoms with Crippen molar-refractivity contribution in [1.82, 2.24) is 0 Å². The molecule has 0 aromatic rings. The zero-order chi connectivity index (χ0) is 6.91. The Hall–Kier alpha value is -0.190. The van der Waals surface area contributed by atoms with E-state index in [-0.39, 0.29) is 23.6 Å². The van der Waals surface area contributed by atoms with Crippen LogP contribution in [0.25, 0.3) is 0 Å². The fraction of sp³-hybridized carbons (Fsp3) is 0.500. The number of halogens is 1. The van der Waals surface area contributed by atoms with Crippen molar-refractivity contribution < 1.29 is 26.6 Å². The van der Waals surface area contributed by atoms with E-state index in [2.05, 4.69) is 4.99 Å². The average molecular weight is 207 g/mol. The van der Waals surface area contributed by atoms with Crippen LogP contribution < -0.4 is 17.0 Å². The topological polar surface area (TPSA) is 32.6 Å². The summed E-state index contributed by atoms with van der Waals surface area (Å²) < 4.78 is 0.580. The van der Waals surface area contributed by atoms with E-state index in [1.807, 2.05) is 14.1 Å². The number of hydrogen-bond donors (Lipinski definition) is 1. The molecule has 0 atom stereocenters. The molecular weight excluding hydrogens is 196 g/mol. The minimum absolute atomic E-state index is 0. The van der Waals surface area contributed by atoms with Crippen molar-refractivity contribution in [2.45, 2.75) is 0 Å². The largest absolute Gasteiger partial charge is 1.00 e. The smallest absolute Gasteiger partial charge is 0.194 e. The number of aliphatic hydroxyl groups excluding tert-OH is 1. The number of hydrogen-bond acceptors (Lipinski definition) is 2. The molecule has 58 valence electrons. The van der Waals surface area contributed by atoms with Crippen LogP contribution in [-0.2, 0) is 0 Å². The predicted molar refractivity (Wildman–Crippen MR) is 35.8 cm³/mol. The lowest BCUT2D eigenvalue weighted by Crippen LogP contribution is -3.00. The zero-order valence-corrected chi connectivity index (χ0v) is 7.67. The lowest BCUT2D eigenvalue weighted by molar-refractivity contribution is -0.749. The van der Waals surface area contributed by atoms with E-state index in [1.165, 1.54) is 0 Å². The van der Waals surface area contributed by atoms with Crippen molar-refractivity contribution in [1.29, 1.82) is 0 Å². The summed E-state index contributed by atoms with van der Waals surface area (Å²) >= 11 is 0. The van der Waals surface area contributed by atoms with E-state index < -0.39 is 0 Å². The maximum atomic E-state index is 8.74. The quantitative estimate of drug-likeness (QED) is 0.455. The van der Waals surface area contributed by atoms with Crippen LogP contribution >= 0.6 is 0 Å². The lowest BCUT2D eigenvalue weighted by atomic mass is 10.4. The van der Waals surface area contributed by atoms with Gasteiger partial charge in [-0.25, -0.2) is 4.99 Å². The van der Waals surface area contributed by atoms with Gasteiger partial charge in [-0.2, -0.15) is 0 Å². The fourth-order valence-corrected chi connectivity index (χ4v) is 0.732. The standard InChI is InChI=1S/C6H11N2O.BrH/c1-8(2)5-7-3-6(8)4-9;/h3,5,9H,4H2,1-2H3;1H/q+1;/p-1. The van der Waals surface area contributed by atoms with E-state index in [9.17, 15) is 0 Å². The fourth-order valence-electron chi connectivity index (χ4n) is 0.732. The van der Waals surface area contributed by atoms with E-state index in [1.54, 1.807) is 12.5 Å². The SMILES string of the molecule is C[N+]1(C)C=NC=C1CO.[Br-]. The Morgan fingerprint density at radius 3 is 2.40 bits per heavy atom. The van der Waals surface area contributed by atoms with E-state index >= 15 is 0 Å². The number of likely N-dealkylation sites (N-methyl/N-ethyl adjacent to an activating group) is 1. The first-order chi connectivity index (χ1) is 4.17. The summed E-state index contributed by atoms with van der Waals surface area (Å²) in [5, 5.41) is 8.74. The number of rotatable bonds is 1. The molecule has 0 saturated carbocycles. The van der Waals surface area contributed by atoms with Gasteiger partial charge in [0.25, 0.3) is 0 Å². The van der Waals surface area contributed by atoms with Crippen LogP contribution in [0.3, 0.4) is 0 Å². The van der Waals surface area contributed by atoms with Gasteiger partial charge in [0.2, 0.25) is 0 Å². The summed E-state index contributed by atoms with van der Waals surface area (Å²) in [7, 11) is 3.94. The molecule has 0 fully saturated rings. The van der Waals surface area contributed by atoms with E-state index in [0.29, 0.717) is 4.48 Å². The van der Waals surface area contributed by atoms with Crippen LogP contribution in [-0.4, -0.2) is 36.6 Å². The molecule has 1 aliphatic rings. The first-order valence-electron chi connectivity index (χ1n) is 2.85. The summed E-state index contributed by atoms with van der Waals surface area (Å²) in [6.45, 7) is 0.0903. The summed E-state index contributed by atoms with van der Waals surface area (Å²) in [5.41, 5.74) is 0.926. The van der Waals surface area contributed by atoms with Gasteiger partial charge < -0.3 is 22.1 Å². The third kappa shape index (κ3) is 1.65. The molecule has 3 nitrogen and oxygen atoms in total. The van der Waals surface area contributed by atoms with Gasteiger partial charge in [0.15, 0.2) is 12.0 Å². The van der Waals surface area contributed by atoms with E-state index in [0.717, 1.165) is 5.70 Å². The second-order valence-electron chi connectivity index (χ2n) is 2.58. The number of aliphatic hydroxyl groups is 1. The van der Waals surface area contributed by atoms with Gasteiger partial charge in [0.05, 0.1) is 20.3 Å². The second-order valence-corrected chi connectivity index (χ2v) is 2.58. The van der Waals surface area contributed by atoms with Crippen LogP contribution in [0.4, 0.5) is 0 Å². The highest BCUT2D eigenvalue weighted by atomic mass is 79.9. The van der Waals surface area contributed by atoms with Gasteiger partial charge in [0.1, 0.15) is 6.61 Å². The third-order valence-corrected chi connectivity index (χ3v) is 1.48. The molecule has 0 bridgehead atoms. The maximum Gasteiger partial charge on any atom is 0.194 e. The maximum absolute atomic E-state index is 8.74. The molecule has 0 aliphatic carbocycles. The van der Waals surface area contributed by atoms with Crippen LogP contribution in [0, 0.1) is 0 Å². The Kier molecular flexibility index (Phi) is 3.21. The normalized spacial score (nSPS) is 20.1. The van der Waals surface area contributed by atoms with Gasteiger partial charge in [-0.15, -0.1) is 0 Å². The first kappa shape index (κ1) is 9.81. The molecule has 0 saturated heterocycles. The summed E-state index contributed by atoms with van der Waals surface area (Å²) in [5.74, 6) is 0. The summed E-state index contributed by atoms with van der Waals surface area (Å²) in [6, 6.07) is 0. The molecular formula is C6H11BrN2O. The molecule has 1 N–H and O–H groups in total. The molecule has 1 heterocycles. The summed E-state index contributed by atoms with van der Waals surface area (Å²) in [4.78, 5) is 3.91. The molecule has 1 aliphatic heterocycles. The van der Waals surface area contributed by atoms with Crippen molar-refractivity contribution in [2.75, 3.05) is 20.7 Å². The van der Waals surface area contributed by atoms with Crippen molar-refractivity contribution in [3.63, 3.8) is 0 Å². The highest BCUT2D eigenvalue weighted by molar-refractivity contribution is 5.52. The monoisotopic (exact) mass is 206 g/mol. The molecule has 0 unspecified atom stereocenters. The van der Waals surface area contributed by atoms with Crippen molar-refractivity contribution in [3.8, 4) is 0 Å². The summed E-state index contributed by atoms with van der Waals surface area (Å²) in [6.07, 6.45) is 3.48. The van der Waals surface area contributed by atoms with Crippen molar-refractivity contribution in [2.24, 2.45) is 4.99 Å². The van der Waals surface area contributed by atoms with Gasteiger partial charge in [0, 0.05) is 0 Å². The zero-order valence-electron chi connectivity index (χ0n) is 6.08. The molecule has 0 aromatic heterocycles. The van der Waals surface area contributed by atoms with Crippen LogP contribution in [0.2, 0.25) is 0 Å². The Balaban J connectivity index is 0.000000810.